The average molecular weight is 326 g/mol. The normalized spacial score (nSPS) is 19.1. The van der Waals surface area contributed by atoms with Crippen LogP contribution in [0.5, 0.6) is 0 Å². The molecule has 1 saturated carbocycles. The van der Waals surface area contributed by atoms with E-state index in [4.69, 9.17) is 11.6 Å². The van der Waals surface area contributed by atoms with Crippen molar-refractivity contribution in [3.05, 3.63) is 70.8 Å². The Morgan fingerprint density at radius 1 is 1.09 bits per heavy atom. The van der Waals surface area contributed by atoms with Gasteiger partial charge in [0.2, 0.25) is 5.91 Å². The largest absolute Gasteiger partial charge is 0.325 e. The molecule has 0 bridgehead atoms. The van der Waals surface area contributed by atoms with Gasteiger partial charge in [0.25, 0.3) is 0 Å². The van der Waals surface area contributed by atoms with Gasteiger partial charge in [0.05, 0.1) is 0 Å². The lowest BCUT2D eigenvalue weighted by atomic mass is 10.0. The van der Waals surface area contributed by atoms with Gasteiger partial charge in [-0.1, -0.05) is 41.9 Å². The fraction of sp³-hybridized carbons (Fsp3) is 0.158. The Bertz CT molecular complexity index is 751. The second kappa shape index (κ2) is 6.80. The molecule has 0 saturated heterocycles. The molecule has 1 N–H and O–H groups in total. The molecule has 0 aliphatic heterocycles. The summed E-state index contributed by atoms with van der Waals surface area (Å²) < 4.78 is 0. The Morgan fingerprint density at radius 2 is 1.78 bits per heavy atom. The van der Waals surface area contributed by atoms with E-state index in [-0.39, 0.29) is 11.7 Å². The summed E-state index contributed by atoms with van der Waals surface area (Å²) in [5.74, 6) is -0.949. The van der Waals surface area contributed by atoms with Gasteiger partial charge in [-0.25, -0.2) is 0 Å². The van der Waals surface area contributed by atoms with Crippen LogP contribution in [-0.2, 0) is 9.59 Å². The fourth-order valence-corrected chi connectivity index (χ4v) is 2.81. The lowest BCUT2D eigenvalue weighted by molar-refractivity contribution is -0.127. The Labute approximate surface area is 140 Å². The lowest BCUT2D eigenvalue weighted by Gasteiger charge is -2.09. The standard InChI is InChI=1S/C19H16ClNO2/c20-15-7-9-16(10-8-15)21-19(23)17-11-6-14(18(17)22)12-13-4-2-1-3-5-13/h1-5,7-10,12,17H,6,11H2,(H,21,23)/b14-12+/t17-/m0/s1. The van der Waals surface area contributed by atoms with Crippen molar-refractivity contribution in [2.75, 3.05) is 5.32 Å². The predicted molar refractivity (Wildman–Crippen MR) is 92.2 cm³/mol. The number of hydrogen-bond donors (Lipinski definition) is 1. The van der Waals surface area contributed by atoms with Gasteiger partial charge in [-0.2, -0.15) is 0 Å². The van der Waals surface area contributed by atoms with Gasteiger partial charge in [-0.05, 0) is 54.3 Å². The maximum absolute atomic E-state index is 12.4. The molecule has 4 heteroatoms. The topological polar surface area (TPSA) is 46.2 Å². The van der Waals surface area contributed by atoms with Crippen molar-refractivity contribution >= 4 is 35.1 Å². The van der Waals surface area contributed by atoms with Crippen LogP contribution >= 0.6 is 11.6 Å². The third kappa shape index (κ3) is 3.69. The first-order valence-corrected chi connectivity index (χ1v) is 7.87. The highest BCUT2D eigenvalue weighted by Crippen LogP contribution is 2.29. The maximum atomic E-state index is 12.4. The number of carbonyl (C=O) groups is 2. The van der Waals surface area contributed by atoms with E-state index in [0.29, 0.717) is 29.1 Å². The van der Waals surface area contributed by atoms with E-state index in [0.717, 1.165) is 5.56 Å². The number of benzene rings is 2. The highest BCUT2D eigenvalue weighted by Gasteiger charge is 2.34. The summed E-state index contributed by atoms with van der Waals surface area (Å²) in [6.45, 7) is 0. The van der Waals surface area contributed by atoms with Crippen molar-refractivity contribution < 1.29 is 9.59 Å². The number of carbonyl (C=O) groups excluding carboxylic acids is 2. The molecule has 3 nitrogen and oxygen atoms in total. The summed E-state index contributed by atoms with van der Waals surface area (Å²) in [5, 5.41) is 3.38. The second-order valence-electron chi connectivity index (χ2n) is 5.53. The first kappa shape index (κ1) is 15.5. The van der Waals surface area contributed by atoms with Crippen molar-refractivity contribution in [1.82, 2.24) is 0 Å². The van der Waals surface area contributed by atoms with E-state index in [1.807, 2.05) is 36.4 Å². The zero-order chi connectivity index (χ0) is 16.2. The Hall–Kier alpha value is -2.39. The molecule has 0 unspecified atom stereocenters. The average Bonchev–Trinajstić information content (AvgIpc) is 2.92. The molecule has 1 amide bonds. The molecule has 23 heavy (non-hydrogen) atoms. The molecule has 3 rings (SSSR count). The number of halogens is 1. The number of amides is 1. The molecule has 1 aliphatic carbocycles. The van der Waals surface area contributed by atoms with E-state index in [1.54, 1.807) is 24.3 Å². The van der Waals surface area contributed by atoms with Crippen LogP contribution in [0.25, 0.3) is 6.08 Å². The van der Waals surface area contributed by atoms with E-state index >= 15 is 0 Å². The minimum atomic E-state index is -0.611. The van der Waals surface area contributed by atoms with Crippen LogP contribution < -0.4 is 5.32 Å². The number of hydrogen-bond acceptors (Lipinski definition) is 2. The molecule has 1 aliphatic rings. The quantitative estimate of drug-likeness (QED) is 0.674. The van der Waals surface area contributed by atoms with Gasteiger partial charge in [-0.15, -0.1) is 0 Å². The number of Topliss-reactive ketones (excluding diaryl/α,β-unsaturated/α-hetero) is 1. The summed E-state index contributed by atoms with van der Waals surface area (Å²) in [6, 6.07) is 16.5. The molecule has 2 aromatic carbocycles. The van der Waals surface area contributed by atoms with Gasteiger partial charge in [0.1, 0.15) is 5.92 Å². The highest BCUT2D eigenvalue weighted by atomic mass is 35.5. The number of nitrogens with one attached hydrogen (secondary N) is 1. The van der Waals surface area contributed by atoms with Crippen LogP contribution in [0.2, 0.25) is 5.02 Å². The third-order valence-electron chi connectivity index (χ3n) is 3.90. The number of rotatable bonds is 3. The minimum absolute atomic E-state index is 0.0830. The summed E-state index contributed by atoms with van der Waals surface area (Å²) in [4.78, 5) is 24.8. The summed E-state index contributed by atoms with van der Waals surface area (Å²) >= 11 is 5.82. The van der Waals surface area contributed by atoms with Gasteiger partial charge < -0.3 is 5.32 Å². The van der Waals surface area contributed by atoms with Gasteiger partial charge >= 0.3 is 0 Å². The summed E-state index contributed by atoms with van der Waals surface area (Å²) in [7, 11) is 0. The second-order valence-corrected chi connectivity index (χ2v) is 5.97. The molecule has 0 spiro atoms. The van der Waals surface area contributed by atoms with Crippen LogP contribution in [0.4, 0.5) is 5.69 Å². The Morgan fingerprint density at radius 3 is 2.48 bits per heavy atom. The summed E-state index contributed by atoms with van der Waals surface area (Å²) in [5.41, 5.74) is 2.34. The first-order chi connectivity index (χ1) is 11.1. The first-order valence-electron chi connectivity index (χ1n) is 7.50. The van der Waals surface area contributed by atoms with Crippen LogP contribution in [0, 0.1) is 5.92 Å². The van der Waals surface area contributed by atoms with Gasteiger partial charge in [0.15, 0.2) is 5.78 Å². The Balaban J connectivity index is 1.70. The van der Waals surface area contributed by atoms with Crippen LogP contribution in [0.1, 0.15) is 18.4 Å². The van der Waals surface area contributed by atoms with Crippen LogP contribution in [0.15, 0.2) is 60.2 Å². The minimum Gasteiger partial charge on any atom is -0.325 e. The molecular weight excluding hydrogens is 310 g/mol. The van der Waals surface area contributed by atoms with E-state index in [2.05, 4.69) is 5.32 Å². The van der Waals surface area contributed by atoms with Crippen molar-refractivity contribution in [3.8, 4) is 0 Å². The van der Waals surface area contributed by atoms with Gasteiger partial charge in [-0.3, -0.25) is 9.59 Å². The zero-order valence-corrected chi connectivity index (χ0v) is 13.2. The molecule has 1 fully saturated rings. The monoisotopic (exact) mass is 325 g/mol. The smallest absolute Gasteiger partial charge is 0.235 e. The van der Waals surface area contributed by atoms with E-state index < -0.39 is 5.92 Å². The highest BCUT2D eigenvalue weighted by molar-refractivity contribution is 6.30. The van der Waals surface area contributed by atoms with Crippen LogP contribution in [-0.4, -0.2) is 11.7 Å². The molecule has 1 atom stereocenters. The van der Waals surface area contributed by atoms with E-state index in [9.17, 15) is 9.59 Å². The van der Waals surface area contributed by atoms with Crippen LogP contribution in [0.3, 0.4) is 0 Å². The molecule has 116 valence electrons. The lowest BCUT2D eigenvalue weighted by Crippen LogP contribution is -2.26. The number of allylic oxidation sites excluding steroid dienone is 1. The molecule has 0 radical (unpaired) electrons. The maximum Gasteiger partial charge on any atom is 0.235 e. The zero-order valence-electron chi connectivity index (χ0n) is 12.5. The number of ketones is 1. The molecule has 0 heterocycles. The fourth-order valence-electron chi connectivity index (χ4n) is 2.68. The molecular formula is C19H16ClNO2. The molecule has 2 aromatic rings. The van der Waals surface area contributed by atoms with Crippen molar-refractivity contribution in [2.45, 2.75) is 12.8 Å². The van der Waals surface area contributed by atoms with Crippen molar-refractivity contribution in [2.24, 2.45) is 5.92 Å². The van der Waals surface area contributed by atoms with Gasteiger partial charge in [0, 0.05) is 10.7 Å². The number of anilines is 1. The molecule has 0 aromatic heterocycles. The predicted octanol–water partition coefficient (Wildman–Crippen LogP) is 4.34. The van der Waals surface area contributed by atoms with Crippen molar-refractivity contribution in [3.63, 3.8) is 0 Å². The SMILES string of the molecule is O=C(Nc1ccc(Cl)cc1)[C@H]1CC/C(=C\c2ccccc2)C1=O. The summed E-state index contributed by atoms with van der Waals surface area (Å²) in [6.07, 6.45) is 3.06. The van der Waals surface area contributed by atoms with Crippen molar-refractivity contribution in [1.29, 1.82) is 0 Å². The van der Waals surface area contributed by atoms with E-state index in [1.165, 1.54) is 0 Å². The third-order valence-corrected chi connectivity index (χ3v) is 4.16. The Kier molecular flexibility index (Phi) is 4.58.